The summed E-state index contributed by atoms with van der Waals surface area (Å²) in [6.45, 7) is 5.64. The SMILES string of the molecule is CCN(CC)C(=O)c1nc(C(=O)Nc2ccccc2F)c2n1CCCC2. The van der Waals surface area contributed by atoms with E-state index in [1.165, 1.54) is 12.1 Å². The molecule has 1 aliphatic heterocycles. The van der Waals surface area contributed by atoms with Gasteiger partial charge in [0.15, 0.2) is 11.5 Å². The molecule has 0 aliphatic carbocycles. The van der Waals surface area contributed by atoms with Crippen molar-refractivity contribution in [2.24, 2.45) is 0 Å². The van der Waals surface area contributed by atoms with E-state index < -0.39 is 11.7 Å². The standard InChI is InChI=1S/C19H23FN4O2/c1-3-23(4-2)19(26)17-22-16(15-11-7-8-12-24(15)17)18(25)21-14-10-6-5-9-13(14)20/h5-6,9-10H,3-4,7-8,11-12H2,1-2H3,(H,21,25). The van der Waals surface area contributed by atoms with Crippen LogP contribution in [0, 0.1) is 5.82 Å². The van der Waals surface area contributed by atoms with E-state index in [4.69, 9.17) is 0 Å². The molecule has 26 heavy (non-hydrogen) atoms. The van der Waals surface area contributed by atoms with Gasteiger partial charge < -0.3 is 14.8 Å². The fraction of sp³-hybridized carbons (Fsp3) is 0.421. The van der Waals surface area contributed by atoms with E-state index in [9.17, 15) is 14.0 Å². The van der Waals surface area contributed by atoms with E-state index in [0.29, 0.717) is 31.9 Å². The van der Waals surface area contributed by atoms with E-state index in [2.05, 4.69) is 10.3 Å². The Balaban J connectivity index is 1.96. The molecule has 0 saturated heterocycles. The van der Waals surface area contributed by atoms with Gasteiger partial charge in [-0.05, 0) is 45.2 Å². The maximum absolute atomic E-state index is 13.8. The van der Waals surface area contributed by atoms with Crippen molar-refractivity contribution >= 4 is 17.5 Å². The van der Waals surface area contributed by atoms with Crippen LogP contribution in [0.15, 0.2) is 24.3 Å². The number of hydrogen-bond acceptors (Lipinski definition) is 3. The van der Waals surface area contributed by atoms with Crippen molar-refractivity contribution in [1.82, 2.24) is 14.5 Å². The molecule has 138 valence electrons. The number of hydrogen-bond donors (Lipinski definition) is 1. The molecule has 1 N–H and O–H groups in total. The first-order valence-electron chi connectivity index (χ1n) is 9.01. The summed E-state index contributed by atoms with van der Waals surface area (Å²) < 4.78 is 15.7. The van der Waals surface area contributed by atoms with Crippen LogP contribution >= 0.6 is 0 Å². The normalized spacial score (nSPS) is 13.2. The lowest BCUT2D eigenvalue weighted by Crippen LogP contribution is -2.33. The summed E-state index contributed by atoms with van der Waals surface area (Å²) in [5.41, 5.74) is 1.07. The summed E-state index contributed by atoms with van der Waals surface area (Å²) in [5.74, 6) is -0.877. The number of aromatic nitrogens is 2. The Kier molecular flexibility index (Phi) is 5.35. The van der Waals surface area contributed by atoms with Gasteiger partial charge in [-0.1, -0.05) is 12.1 Å². The topological polar surface area (TPSA) is 67.2 Å². The number of benzene rings is 1. The van der Waals surface area contributed by atoms with E-state index in [1.54, 1.807) is 17.0 Å². The van der Waals surface area contributed by atoms with Crippen molar-refractivity contribution in [1.29, 1.82) is 0 Å². The summed E-state index contributed by atoms with van der Waals surface area (Å²) in [4.78, 5) is 31.5. The number of halogens is 1. The molecule has 0 unspecified atom stereocenters. The fourth-order valence-corrected chi connectivity index (χ4v) is 3.28. The third-order valence-corrected chi connectivity index (χ3v) is 4.70. The van der Waals surface area contributed by atoms with Crippen LogP contribution in [0.2, 0.25) is 0 Å². The number of rotatable bonds is 5. The number of carbonyl (C=O) groups excluding carboxylic acids is 2. The average molecular weight is 358 g/mol. The number of anilines is 1. The minimum Gasteiger partial charge on any atom is -0.337 e. The van der Waals surface area contributed by atoms with Crippen molar-refractivity contribution in [3.05, 3.63) is 47.3 Å². The second-order valence-corrected chi connectivity index (χ2v) is 6.25. The Labute approximate surface area is 152 Å². The predicted molar refractivity (Wildman–Crippen MR) is 96.8 cm³/mol. The predicted octanol–water partition coefficient (Wildman–Crippen LogP) is 3.09. The zero-order valence-corrected chi connectivity index (χ0v) is 15.1. The molecule has 2 amide bonds. The smallest absolute Gasteiger partial charge is 0.289 e. The minimum atomic E-state index is -0.506. The van der Waals surface area contributed by atoms with Crippen LogP contribution in [0.25, 0.3) is 0 Å². The Morgan fingerprint density at radius 2 is 1.96 bits per heavy atom. The summed E-state index contributed by atoms with van der Waals surface area (Å²) >= 11 is 0. The van der Waals surface area contributed by atoms with Crippen molar-refractivity contribution in [3.63, 3.8) is 0 Å². The number of nitrogens with zero attached hydrogens (tertiary/aromatic N) is 3. The largest absolute Gasteiger partial charge is 0.337 e. The van der Waals surface area contributed by atoms with E-state index in [-0.39, 0.29) is 17.3 Å². The van der Waals surface area contributed by atoms with Crippen LogP contribution in [0.5, 0.6) is 0 Å². The molecule has 0 spiro atoms. The monoisotopic (exact) mass is 358 g/mol. The van der Waals surface area contributed by atoms with Crippen LogP contribution in [0.4, 0.5) is 10.1 Å². The Bertz CT molecular complexity index is 827. The molecule has 1 aliphatic rings. The number of carbonyl (C=O) groups is 2. The Morgan fingerprint density at radius 3 is 2.65 bits per heavy atom. The molecule has 0 atom stereocenters. The molecular formula is C19H23FN4O2. The van der Waals surface area contributed by atoms with Crippen LogP contribution in [0.3, 0.4) is 0 Å². The Morgan fingerprint density at radius 1 is 1.23 bits per heavy atom. The van der Waals surface area contributed by atoms with Crippen LogP contribution < -0.4 is 5.32 Å². The summed E-state index contributed by atoms with van der Waals surface area (Å²) in [5, 5.41) is 2.57. The highest BCUT2D eigenvalue weighted by Gasteiger charge is 2.29. The van der Waals surface area contributed by atoms with Crippen molar-refractivity contribution in [2.75, 3.05) is 18.4 Å². The molecule has 3 rings (SSSR count). The minimum absolute atomic E-state index is 0.103. The molecule has 7 heteroatoms. The molecule has 6 nitrogen and oxygen atoms in total. The molecular weight excluding hydrogens is 335 g/mol. The van der Waals surface area contributed by atoms with Gasteiger partial charge in [-0.3, -0.25) is 9.59 Å². The first-order valence-corrected chi connectivity index (χ1v) is 9.01. The van der Waals surface area contributed by atoms with Gasteiger partial charge in [-0.25, -0.2) is 9.37 Å². The first-order chi connectivity index (χ1) is 12.6. The third kappa shape index (κ3) is 3.34. The third-order valence-electron chi connectivity index (χ3n) is 4.70. The first kappa shape index (κ1) is 18.1. The summed E-state index contributed by atoms with van der Waals surface area (Å²) in [7, 11) is 0. The van der Waals surface area contributed by atoms with Crippen molar-refractivity contribution < 1.29 is 14.0 Å². The van der Waals surface area contributed by atoms with Crippen LogP contribution in [-0.4, -0.2) is 39.4 Å². The highest BCUT2D eigenvalue weighted by molar-refractivity contribution is 6.05. The van der Waals surface area contributed by atoms with Crippen LogP contribution in [0.1, 0.15) is 53.5 Å². The van der Waals surface area contributed by atoms with Crippen molar-refractivity contribution in [2.45, 2.75) is 39.7 Å². The maximum atomic E-state index is 13.8. The molecule has 1 aromatic carbocycles. The number of fused-ring (bicyclic) bond motifs is 1. The van der Waals surface area contributed by atoms with Gasteiger partial charge in [-0.15, -0.1) is 0 Å². The lowest BCUT2D eigenvalue weighted by molar-refractivity contribution is 0.0754. The van der Waals surface area contributed by atoms with Gasteiger partial charge in [0.05, 0.1) is 11.4 Å². The zero-order chi connectivity index (χ0) is 18.7. The lowest BCUT2D eigenvalue weighted by atomic mass is 10.1. The molecule has 0 bridgehead atoms. The summed E-state index contributed by atoms with van der Waals surface area (Å²) in [6.07, 6.45) is 2.55. The molecule has 0 radical (unpaired) electrons. The van der Waals surface area contributed by atoms with E-state index in [1.807, 2.05) is 18.4 Å². The number of amides is 2. The number of nitrogens with one attached hydrogen (secondary N) is 1. The quantitative estimate of drug-likeness (QED) is 0.893. The molecule has 0 fully saturated rings. The molecule has 0 saturated carbocycles. The maximum Gasteiger partial charge on any atom is 0.289 e. The van der Waals surface area contributed by atoms with Gasteiger partial charge in [0.2, 0.25) is 0 Å². The highest BCUT2D eigenvalue weighted by Crippen LogP contribution is 2.23. The highest BCUT2D eigenvalue weighted by atomic mass is 19.1. The van der Waals surface area contributed by atoms with E-state index >= 15 is 0 Å². The van der Waals surface area contributed by atoms with Crippen molar-refractivity contribution in [3.8, 4) is 0 Å². The Hall–Kier alpha value is -2.70. The second-order valence-electron chi connectivity index (χ2n) is 6.25. The van der Waals surface area contributed by atoms with Gasteiger partial charge >= 0.3 is 0 Å². The molecule has 2 heterocycles. The average Bonchev–Trinajstić information content (AvgIpc) is 3.04. The van der Waals surface area contributed by atoms with Gasteiger partial charge in [0, 0.05) is 19.6 Å². The molecule has 2 aromatic rings. The number of imidazole rings is 1. The zero-order valence-electron chi connectivity index (χ0n) is 15.1. The molecule has 1 aromatic heterocycles. The van der Waals surface area contributed by atoms with Gasteiger partial charge in [0.25, 0.3) is 11.8 Å². The lowest BCUT2D eigenvalue weighted by Gasteiger charge is -2.21. The summed E-state index contributed by atoms with van der Waals surface area (Å²) in [6, 6.07) is 5.99. The van der Waals surface area contributed by atoms with Gasteiger partial charge in [-0.2, -0.15) is 0 Å². The fourth-order valence-electron chi connectivity index (χ4n) is 3.28. The second kappa shape index (κ2) is 7.68. The number of para-hydroxylation sites is 1. The van der Waals surface area contributed by atoms with Gasteiger partial charge in [0.1, 0.15) is 5.82 Å². The van der Waals surface area contributed by atoms with E-state index in [0.717, 1.165) is 18.5 Å². The van der Waals surface area contributed by atoms with Crippen LogP contribution in [-0.2, 0) is 13.0 Å².